The first kappa shape index (κ1) is 11.9. The molecule has 1 aromatic heterocycles. The summed E-state index contributed by atoms with van der Waals surface area (Å²) in [6, 6.07) is 5.99. The second kappa shape index (κ2) is 4.20. The van der Waals surface area contributed by atoms with Crippen LogP contribution in [0.25, 0.3) is 11.3 Å². The zero-order valence-corrected chi connectivity index (χ0v) is 11.0. The number of anilines is 1. The number of amides is 1. The largest absolute Gasteiger partial charge is 0.326 e. The highest BCUT2D eigenvalue weighted by molar-refractivity contribution is 6.01. The normalized spacial score (nSPS) is 14.1. The molecule has 0 atom stereocenters. The summed E-state index contributed by atoms with van der Waals surface area (Å²) < 4.78 is 0. The third-order valence-corrected chi connectivity index (χ3v) is 3.71. The lowest BCUT2D eigenvalue weighted by Crippen LogP contribution is -2.20. The Hall–Kier alpha value is -2.14. The number of hydrogen-bond donors (Lipinski definition) is 2. The molecule has 0 saturated carbocycles. The maximum Gasteiger partial charge on any atom is 0.231 e. The molecule has 0 radical (unpaired) electrons. The Labute approximate surface area is 111 Å². The minimum atomic E-state index is 0.129. The predicted molar refractivity (Wildman–Crippen MR) is 73.8 cm³/mol. The van der Waals surface area contributed by atoms with Crippen LogP contribution in [0.15, 0.2) is 18.2 Å². The monoisotopic (exact) mass is 256 g/mol. The van der Waals surface area contributed by atoms with E-state index < -0.39 is 0 Å². The number of carbonyl (C=O) groups is 1. The molecule has 1 aromatic carbocycles. The van der Waals surface area contributed by atoms with Crippen LogP contribution in [-0.2, 0) is 17.8 Å². The number of benzene rings is 1. The molecule has 0 saturated heterocycles. The summed E-state index contributed by atoms with van der Waals surface area (Å²) >= 11 is 0. The standard InChI is InChI=1S/C14H16N4O/c1-8-11(7-15)14(17-16-8)9-3-4-12-10(5-9)6-13(19)18(12)2/h3-5H,6-7,15H2,1-2H3,(H,16,17). The summed E-state index contributed by atoms with van der Waals surface area (Å²) in [5, 5.41) is 7.28. The number of nitrogens with one attached hydrogen (secondary N) is 1. The molecule has 19 heavy (non-hydrogen) atoms. The van der Waals surface area contributed by atoms with E-state index >= 15 is 0 Å². The van der Waals surface area contributed by atoms with Crippen molar-refractivity contribution in [2.45, 2.75) is 19.9 Å². The average Bonchev–Trinajstić information content (AvgIpc) is 2.90. The van der Waals surface area contributed by atoms with E-state index in [1.807, 2.05) is 25.1 Å². The topological polar surface area (TPSA) is 75.0 Å². The van der Waals surface area contributed by atoms with Crippen molar-refractivity contribution in [3.8, 4) is 11.3 Å². The molecule has 2 heterocycles. The van der Waals surface area contributed by atoms with Crippen molar-refractivity contribution >= 4 is 11.6 Å². The Morgan fingerprint density at radius 3 is 3.00 bits per heavy atom. The minimum Gasteiger partial charge on any atom is -0.326 e. The van der Waals surface area contributed by atoms with Crippen LogP contribution in [0.4, 0.5) is 5.69 Å². The van der Waals surface area contributed by atoms with Crippen molar-refractivity contribution in [1.29, 1.82) is 0 Å². The van der Waals surface area contributed by atoms with Crippen LogP contribution < -0.4 is 10.6 Å². The van der Waals surface area contributed by atoms with Gasteiger partial charge in [-0.3, -0.25) is 9.89 Å². The van der Waals surface area contributed by atoms with Gasteiger partial charge in [0, 0.05) is 36.1 Å². The van der Waals surface area contributed by atoms with Gasteiger partial charge in [0.25, 0.3) is 0 Å². The van der Waals surface area contributed by atoms with Gasteiger partial charge in [-0.05, 0) is 24.6 Å². The molecule has 0 bridgehead atoms. The Kier molecular flexibility index (Phi) is 2.64. The highest BCUT2D eigenvalue weighted by Gasteiger charge is 2.24. The maximum absolute atomic E-state index is 11.7. The van der Waals surface area contributed by atoms with Gasteiger partial charge < -0.3 is 10.6 Å². The van der Waals surface area contributed by atoms with Gasteiger partial charge in [0.2, 0.25) is 5.91 Å². The second-order valence-electron chi connectivity index (χ2n) is 4.85. The number of likely N-dealkylation sites (N-methyl/N-ethyl adjacent to an activating group) is 1. The lowest BCUT2D eigenvalue weighted by molar-refractivity contribution is -0.117. The van der Waals surface area contributed by atoms with Crippen LogP contribution in [0.5, 0.6) is 0 Å². The second-order valence-corrected chi connectivity index (χ2v) is 4.85. The molecular formula is C14H16N4O. The Morgan fingerprint density at radius 2 is 2.26 bits per heavy atom. The van der Waals surface area contributed by atoms with E-state index in [2.05, 4.69) is 10.2 Å². The van der Waals surface area contributed by atoms with E-state index in [0.29, 0.717) is 13.0 Å². The molecule has 0 aliphatic carbocycles. The van der Waals surface area contributed by atoms with E-state index in [1.165, 1.54) is 0 Å². The van der Waals surface area contributed by atoms with E-state index in [-0.39, 0.29) is 5.91 Å². The number of H-pyrrole nitrogens is 1. The van der Waals surface area contributed by atoms with Gasteiger partial charge in [0.15, 0.2) is 0 Å². The number of aromatic amines is 1. The van der Waals surface area contributed by atoms with Crippen LogP contribution >= 0.6 is 0 Å². The van der Waals surface area contributed by atoms with Crippen molar-refractivity contribution in [2.24, 2.45) is 5.73 Å². The summed E-state index contributed by atoms with van der Waals surface area (Å²) in [5.41, 5.74) is 11.7. The third kappa shape index (κ3) is 1.74. The number of fused-ring (bicyclic) bond motifs is 1. The summed E-state index contributed by atoms with van der Waals surface area (Å²) in [4.78, 5) is 13.4. The average molecular weight is 256 g/mol. The molecule has 5 heteroatoms. The first-order chi connectivity index (χ1) is 9.11. The van der Waals surface area contributed by atoms with E-state index in [9.17, 15) is 4.79 Å². The van der Waals surface area contributed by atoms with Crippen molar-refractivity contribution in [1.82, 2.24) is 10.2 Å². The molecule has 5 nitrogen and oxygen atoms in total. The highest BCUT2D eigenvalue weighted by atomic mass is 16.2. The zero-order chi connectivity index (χ0) is 13.6. The number of nitrogens with zero attached hydrogens (tertiary/aromatic N) is 2. The summed E-state index contributed by atoms with van der Waals surface area (Å²) in [5.74, 6) is 0.129. The van der Waals surface area contributed by atoms with Crippen LogP contribution in [0, 0.1) is 6.92 Å². The van der Waals surface area contributed by atoms with Crippen molar-refractivity contribution in [3.05, 3.63) is 35.0 Å². The fourth-order valence-electron chi connectivity index (χ4n) is 2.56. The molecule has 1 amide bonds. The number of aromatic nitrogens is 2. The number of aryl methyl sites for hydroxylation is 1. The van der Waals surface area contributed by atoms with E-state index in [1.54, 1.807) is 11.9 Å². The molecule has 0 fully saturated rings. The third-order valence-electron chi connectivity index (χ3n) is 3.71. The first-order valence-corrected chi connectivity index (χ1v) is 6.25. The van der Waals surface area contributed by atoms with Crippen LogP contribution in [0.2, 0.25) is 0 Å². The SMILES string of the molecule is Cc1[nH]nc(-c2ccc3c(c2)CC(=O)N3C)c1CN. The van der Waals surface area contributed by atoms with Gasteiger partial charge >= 0.3 is 0 Å². The summed E-state index contributed by atoms with van der Waals surface area (Å²) in [7, 11) is 1.80. The van der Waals surface area contributed by atoms with Crippen molar-refractivity contribution in [3.63, 3.8) is 0 Å². The minimum absolute atomic E-state index is 0.129. The quantitative estimate of drug-likeness (QED) is 0.852. The molecule has 3 rings (SSSR count). The molecule has 0 spiro atoms. The summed E-state index contributed by atoms with van der Waals surface area (Å²) in [6.07, 6.45) is 0.459. The van der Waals surface area contributed by atoms with E-state index in [0.717, 1.165) is 33.8 Å². The van der Waals surface area contributed by atoms with Gasteiger partial charge in [0.1, 0.15) is 0 Å². The van der Waals surface area contributed by atoms with Crippen molar-refractivity contribution in [2.75, 3.05) is 11.9 Å². The fraction of sp³-hybridized carbons (Fsp3) is 0.286. The number of hydrogen-bond acceptors (Lipinski definition) is 3. The van der Waals surface area contributed by atoms with Gasteiger partial charge in [-0.15, -0.1) is 0 Å². The zero-order valence-electron chi connectivity index (χ0n) is 11.0. The molecule has 0 unspecified atom stereocenters. The molecule has 1 aliphatic rings. The first-order valence-electron chi connectivity index (χ1n) is 6.25. The van der Waals surface area contributed by atoms with Crippen LogP contribution in [-0.4, -0.2) is 23.2 Å². The Balaban J connectivity index is 2.09. The molecule has 98 valence electrons. The van der Waals surface area contributed by atoms with Gasteiger partial charge in [-0.2, -0.15) is 5.10 Å². The fourth-order valence-corrected chi connectivity index (χ4v) is 2.56. The molecular weight excluding hydrogens is 240 g/mol. The van der Waals surface area contributed by atoms with E-state index in [4.69, 9.17) is 5.73 Å². The van der Waals surface area contributed by atoms with Gasteiger partial charge in [-0.25, -0.2) is 0 Å². The highest BCUT2D eigenvalue weighted by Crippen LogP contribution is 2.32. The number of nitrogens with two attached hydrogens (primary N) is 1. The summed E-state index contributed by atoms with van der Waals surface area (Å²) in [6.45, 7) is 2.41. The Morgan fingerprint density at radius 1 is 1.47 bits per heavy atom. The Bertz CT molecular complexity index is 659. The van der Waals surface area contributed by atoms with Gasteiger partial charge in [0.05, 0.1) is 12.1 Å². The smallest absolute Gasteiger partial charge is 0.231 e. The maximum atomic E-state index is 11.7. The number of rotatable bonds is 2. The van der Waals surface area contributed by atoms with Gasteiger partial charge in [-0.1, -0.05) is 6.07 Å². The van der Waals surface area contributed by atoms with Crippen LogP contribution in [0.1, 0.15) is 16.8 Å². The van der Waals surface area contributed by atoms with Crippen molar-refractivity contribution < 1.29 is 4.79 Å². The lowest BCUT2D eigenvalue weighted by atomic mass is 10.0. The molecule has 1 aliphatic heterocycles. The number of carbonyl (C=O) groups excluding carboxylic acids is 1. The van der Waals surface area contributed by atoms with Crippen LogP contribution in [0.3, 0.4) is 0 Å². The predicted octanol–water partition coefficient (Wildman–Crippen LogP) is 1.36. The molecule has 2 aromatic rings. The molecule has 3 N–H and O–H groups in total. The lowest BCUT2D eigenvalue weighted by Gasteiger charge is -2.10.